The molecule has 2 rings (SSSR count). The Morgan fingerprint density at radius 1 is 1.43 bits per heavy atom. The first-order valence-corrected chi connectivity index (χ1v) is 6.87. The Bertz CT molecular complexity index is 727. The van der Waals surface area contributed by atoms with Gasteiger partial charge in [-0.2, -0.15) is 0 Å². The number of ether oxygens (including phenoxy) is 1. The number of fused-ring (bicyclic) bond motifs is 1. The number of carbonyl (C=O) groups excluding carboxylic acids is 1. The summed E-state index contributed by atoms with van der Waals surface area (Å²) in [5.74, 6) is -0.000629. The molecule has 5 heteroatoms. The van der Waals surface area contributed by atoms with Gasteiger partial charge in [0, 0.05) is 29.9 Å². The fraction of sp³-hybridized carbons (Fsp3) is 0.375. The van der Waals surface area contributed by atoms with E-state index in [4.69, 9.17) is 9.15 Å². The van der Waals surface area contributed by atoms with Crippen molar-refractivity contribution in [3.63, 3.8) is 0 Å². The lowest BCUT2D eigenvalue weighted by Gasteiger charge is -2.10. The summed E-state index contributed by atoms with van der Waals surface area (Å²) in [7, 11) is 0. The monoisotopic (exact) mass is 290 g/mol. The second-order valence-corrected chi connectivity index (χ2v) is 5.03. The molecule has 0 saturated heterocycles. The van der Waals surface area contributed by atoms with Crippen LogP contribution in [-0.2, 0) is 11.2 Å². The van der Waals surface area contributed by atoms with Gasteiger partial charge in [-0.15, -0.1) is 0 Å². The van der Waals surface area contributed by atoms with Crippen LogP contribution >= 0.6 is 0 Å². The summed E-state index contributed by atoms with van der Waals surface area (Å²) in [5, 5.41) is 10.2. The van der Waals surface area contributed by atoms with Crippen molar-refractivity contribution in [1.29, 1.82) is 0 Å². The fourth-order valence-electron chi connectivity index (χ4n) is 2.17. The number of rotatable bonds is 4. The number of aliphatic hydroxyl groups excluding tert-OH is 1. The van der Waals surface area contributed by atoms with Crippen molar-refractivity contribution in [3.8, 4) is 5.75 Å². The number of hydrogen-bond donors (Lipinski definition) is 1. The molecule has 1 atom stereocenters. The third-order valence-corrected chi connectivity index (χ3v) is 3.28. The van der Waals surface area contributed by atoms with Crippen molar-refractivity contribution < 1.29 is 19.1 Å². The quantitative estimate of drug-likeness (QED) is 0.531. The van der Waals surface area contributed by atoms with Crippen LogP contribution in [0.2, 0.25) is 0 Å². The molecular weight excluding hydrogens is 272 g/mol. The van der Waals surface area contributed by atoms with E-state index in [-0.39, 0.29) is 18.8 Å². The first-order valence-electron chi connectivity index (χ1n) is 6.87. The lowest BCUT2D eigenvalue weighted by molar-refractivity contribution is -0.134. The average molecular weight is 290 g/mol. The molecule has 1 N–H and O–H groups in total. The molecule has 0 spiro atoms. The molecule has 1 heterocycles. The van der Waals surface area contributed by atoms with E-state index in [1.54, 1.807) is 26.0 Å². The molecule has 21 heavy (non-hydrogen) atoms. The Hall–Kier alpha value is -2.14. The molecule has 112 valence electrons. The smallest absolute Gasteiger partial charge is 0.339 e. The van der Waals surface area contributed by atoms with Gasteiger partial charge in [0.15, 0.2) is 0 Å². The average Bonchev–Trinajstić information content (AvgIpc) is 2.42. The lowest BCUT2D eigenvalue weighted by Crippen LogP contribution is -2.16. The third kappa shape index (κ3) is 3.31. The maximum atomic E-state index is 12.0. The molecule has 1 aromatic carbocycles. The second kappa shape index (κ2) is 6.10. The standard InChI is InChI=1S/C16H18O5/c1-4-15(18)20-11-5-6-12-10(3)13(7-9(2)17)16(19)21-14(12)8-11/h5-6,8-9,17H,4,7H2,1-3H3/t9-/m0/s1. The highest BCUT2D eigenvalue weighted by molar-refractivity contribution is 5.83. The zero-order chi connectivity index (χ0) is 15.6. The van der Waals surface area contributed by atoms with Crippen LogP contribution in [-0.4, -0.2) is 17.2 Å². The van der Waals surface area contributed by atoms with Gasteiger partial charge >= 0.3 is 11.6 Å². The summed E-state index contributed by atoms with van der Waals surface area (Å²) in [4.78, 5) is 23.3. The summed E-state index contributed by atoms with van der Waals surface area (Å²) in [6.45, 7) is 5.14. The Balaban J connectivity index is 2.51. The molecule has 0 aliphatic rings. The van der Waals surface area contributed by atoms with E-state index in [2.05, 4.69) is 0 Å². The Morgan fingerprint density at radius 2 is 2.14 bits per heavy atom. The largest absolute Gasteiger partial charge is 0.426 e. The van der Waals surface area contributed by atoms with Crippen molar-refractivity contribution >= 4 is 16.9 Å². The van der Waals surface area contributed by atoms with Crippen LogP contribution in [0.25, 0.3) is 11.0 Å². The van der Waals surface area contributed by atoms with Crippen LogP contribution in [0.1, 0.15) is 31.4 Å². The van der Waals surface area contributed by atoms with Gasteiger partial charge in [0.05, 0.1) is 6.10 Å². The molecule has 5 nitrogen and oxygen atoms in total. The van der Waals surface area contributed by atoms with E-state index in [1.165, 1.54) is 6.07 Å². The topological polar surface area (TPSA) is 76.7 Å². The first-order chi connectivity index (χ1) is 9.92. The molecule has 0 saturated carbocycles. The SMILES string of the molecule is CCC(=O)Oc1ccc2c(C)c(C[C@H](C)O)c(=O)oc2c1. The number of benzene rings is 1. The van der Waals surface area contributed by atoms with Gasteiger partial charge in [0.2, 0.25) is 0 Å². The summed E-state index contributed by atoms with van der Waals surface area (Å²) >= 11 is 0. The van der Waals surface area contributed by atoms with Crippen LogP contribution in [0, 0.1) is 6.92 Å². The third-order valence-electron chi connectivity index (χ3n) is 3.28. The van der Waals surface area contributed by atoms with Gasteiger partial charge in [-0.1, -0.05) is 6.92 Å². The normalized spacial score (nSPS) is 12.4. The number of hydrogen-bond acceptors (Lipinski definition) is 5. The highest BCUT2D eigenvalue weighted by atomic mass is 16.5. The van der Waals surface area contributed by atoms with Crippen LogP contribution in [0.4, 0.5) is 0 Å². The Labute approximate surface area is 122 Å². The van der Waals surface area contributed by atoms with Gasteiger partial charge in [-0.3, -0.25) is 4.79 Å². The minimum absolute atomic E-state index is 0.247. The van der Waals surface area contributed by atoms with Crippen LogP contribution in [0.5, 0.6) is 5.75 Å². The van der Waals surface area contributed by atoms with E-state index in [0.29, 0.717) is 16.9 Å². The zero-order valence-corrected chi connectivity index (χ0v) is 12.3. The van der Waals surface area contributed by atoms with Crippen molar-refractivity contribution in [1.82, 2.24) is 0 Å². The van der Waals surface area contributed by atoms with Crippen molar-refractivity contribution in [2.45, 2.75) is 39.7 Å². The summed E-state index contributed by atoms with van der Waals surface area (Å²) in [5.41, 5.74) is 1.14. The molecule has 0 aliphatic heterocycles. The maximum Gasteiger partial charge on any atom is 0.339 e. The van der Waals surface area contributed by atoms with Crippen molar-refractivity contribution in [2.75, 3.05) is 0 Å². The fourth-order valence-corrected chi connectivity index (χ4v) is 2.17. The number of aryl methyl sites for hydroxylation is 1. The highest BCUT2D eigenvalue weighted by Crippen LogP contribution is 2.24. The van der Waals surface area contributed by atoms with E-state index in [1.807, 2.05) is 6.92 Å². The Morgan fingerprint density at radius 3 is 2.76 bits per heavy atom. The van der Waals surface area contributed by atoms with Gasteiger partial charge in [0.1, 0.15) is 11.3 Å². The lowest BCUT2D eigenvalue weighted by atomic mass is 10.0. The predicted molar refractivity (Wildman–Crippen MR) is 78.5 cm³/mol. The minimum Gasteiger partial charge on any atom is -0.426 e. The van der Waals surface area contributed by atoms with Gasteiger partial charge in [-0.25, -0.2) is 4.79 Å². The van der Waals surface area contributed by atoms with Crippen LogP contribution in [0.3, 0.4) is 0 Å². The van der Waals surface area contributed by atoms with Crippen molar-refractivity contribution in [3.05, 3.63) is 39.7 Å². The molecule has 1 aromatic heterocycles. The summed E-state index contributed by atoms with van der Waals surface area (Å²) < 4.78 is 10.4. The van der Waals surface area contributed by atoms with E-state index in [9.17, 15) is 14.7 Å². The van der Waals surface area contributed by atoms with E-state index in [0.717, 1.165) is 10.9 Å². The van der Waals surface area contributed by atoms with Gasteiger partial charge < -0.3 is 14.3 Å². The number of carbonyl (C=O) groups is 1. The number of aliphatic hydroxyl groups is 1. The number of esters is 1. The molecule has 0 bridgehead atoms. The second-order valence-electron chi connectivity index (χ2n) is 5.03. The zero-order valence-electron chi connectivity index (χ0n) is 12.3. The summed E-state index contributed by atoms with van der Waals surface area (Å²) in [6, 6.07) is 4.94. The van der Waals surface area contributed by atoms with Crippen molar-refractivity contribution in [2.24, 2.45) is 0 Å². The molecule has 0 fully saturated rings. The highest BCUT2D eigenvalue weighted by Gasteiger charge is 2.14. The van der Waals surface area contributed by atoms with E-state index < -0.39 is 11.7 Å². The first kappa shape index (κ1) is 15.3. The molecule has 0 radical (unpaired) electrons. The molecular formula is C16H18O5. The molecule has 0 unspecified atom stereocenters. The predicted octanol–water partition coefficient (Wildman–Crippen LogP) is 2.34. The van der Waals surface area contributed by atoms with Crippen LogP contribution in [0.15, 0.2) is 27.4 Å². The van der Waals surface area contributed by atoms with Gasteiger partial charge in [0.25, 0.3) is 0 Å². The van der Waals surface area contributed by atoms with Gasteiger partial charge in [-0.05, 0) is 31.5 Å². The molecule has 2 aromatic rings. The minimum atomic E-state index is -0.617. The molecule has 0 amide bonds. The summed E-state index contributed by atoms with van der Waals surface area (Å²) in [6.07, 6.45) is -0.0980. The Kier molecular flexibility index (Phi) is 4.43. The van der Waals surface area contributed by atoms with Crippen LogP contribution < -0.4 is 10.4 Å². The molecule has 0 aliphatic carbocycles. The van der Waals surface area contributed by atoms with E-state index >= 15 is 0 Å². The maximum absolute atomic E-state index is 12.0.